The maximum absolute atomic E-state index is 12.6. The zero-order valence-electron chi connectivity index (χ0n) is 15.6. The van der Waals surface area contributed by atoms with Gasteiger partial charge in [0.1, 0.15) is 5.82 Å². The van der Waals surface area contributed by atoms with E-state index < -0.39 is 0 Å². The van der Waals surface area contributed by atoms with Crippen LogP contribution in [0.5, 0.6) is 0 Å². The van der Waals surface area contributed by atoms with Crippen molar-refractivity contribution in [2.75, 3.05) is 13.1 Å². The number of pyridine rings is 1. The van der Waals surface area contributed by atoms with Crippen molar-refractivity contribution >= 4 is 17.2 Å². The monoisotopic (exact) mass is 390 g/mol. The standard InChI is InChI=1S/C22H22N4OS/c27-22(19-2-1-13-28-19)26-11-7-16(8-12-26)20-18(15-5-9-23-10-6-15)14-24-21(25-20)17-3-4-17/h1-2,5-6,9-10,13-14,16-17H,3-4,7-8,11-12H2. The molecule has 0 bridgehead atoms. The van der Waals surface area contributed by atoms with Crippen molar-refractivity contribution in [1.29, 1.82) is 0 Å². The summed E-state index contributed by atoms with van der Waals surface area (Å²) in [6.45, 7) is 1.56. The fourth-order valence-corrected chi connectivity index (χ4v) is 4.62. The lowest BCUT2D eigenvalue weighted by Gasteiger charge is -2.32. The van der Waals surface area contributed by atoms with Crippen LogP contribution in [0.2, 0.25) is 0 Å². The van der Waals surface area contributed by atoms with Crippen molar-refractivity contribution in [3.8, 4) is 11.1 Å². The fourth-order valence-electron chi connectivity index (χ4n) is 3.92. The normalized spacial score (nSPS) is 17.6. The van der Waals surface area contributed by atoms with E-state index in [1.54, 1.807) is 0 Å². The highest BCUT2D eigenvalue weighted by Crippen LogP contribution is 2.40. The van der Waals surface area contributed by atoms with Crippen LogP contribution in [0.15, 0.2) is 48.2 Å². The molecule has 0 unspecified atom stereocenters. The van der Waals surface area contributed by atoms with Crippen molar-refractivity contribution in [3.63, 3.8) is 0 Å². The van der Waals surface area contributed by atoms with Crippen LogP contribution in [0.4, 0.5) is 0 Å². The lowest BCUT2D eigenvalue weighted by Crippen LogP contribution is -2.37. The predicted molar refractivity (Wildman–Crippen MR) is 109 cm³/mol. The van der Waals surface area contributed by atoms with Crippen molar-refractivity contribution in [3.05, 3.63) is 64.6 Å². The highest BCUT2D eigenvalue weighted by atomic mass is 32.1. The number of likely N-dealkylation sites (tertiary alicyclic amines) is 1. The zero-order chi connectivity index (χ0) is 18.9. The highest BCUT2D eigenvalue weighted by Gasteiger charge is 2.31. The van der Waals surface area contributed by atoms with Crippen LogP contribution in [-0.2, 0) is 0 Å². The lowest BCUT2D eigenvalue weighted by molar-refractivity contribution is 0.0717. The van der Waals surface area contributed by atoms with E-state index in [9.17, 15) is 4.79 Å². The van der Waals surface area contributed by atoms with Gasteiger partial charge in [-0.15, -0.1) is 11.3 Å². The topological polar surface area (TPSA) is 59.0 Å². The van der Waals surface area contributed by atoms with Crippen LogP contribution < -0.4 is 0 Å². The predicted octanol–water partition coefficient (Wildman–Crippen LogP) is 4.50. The molecule has 3 aromatic heterocycles. The van der Waals surface area contributed by atoms with Gasteiger partial charge in [-0.1, -0.05) is 6.07 Å². The molecule has 5 rings (SSSR count). The smallest absolute Gasteiger partial charge is 0.263 e. The molecule has 0 aromatic carbocycles. The largest absolute Gasteiger partial charge is 0.338 e. The first-order valence-electron chi connectivity index (χ1n) is 9.89. The summed E-state index contributed by atoms with van der Waals surface area (Å²) in [5, 5.41) is 1.96. The Bertz CT molecular complexity index is 961. The zero-order valence-corrected chi connectivity index (χ0v) is 16.4. The van der Waals surface area contributed by atoms with E-state index in [2.05, 4.69) is 9.97 Å². The number of hydrogen-bond acceptors (Lipinski definition) is 5. The molecule has 0 N–H and O–H groups in total. The van der Waals surface area contributed by atoms with Crippen LogP contribution in [-0.4, -0.2) is 38.8 Å². The third-order valence-corrected chi connectivity index (χ3v) is 6.53. The van der Waals surface area contributed by atoms with Crippen molar-refractivity contribution in [2.24, 2.45) is 0 Å². The number of nitrogens with zero attached hydrogens (tertiary/aromatic N) is 4. The molecular formula is C22H22N4OS. The second-order valence-electron chi connectivity index (χ2n) is 7.58. The molecule has 1 amide bonds. The molecule has 28 heavy (non-hydrogen) atoms. The van der Waals surface area contributed by atoms with E-state index in [1.807, 2.05) is 53.1 Å². The molecular weight excluding hydrogens is 368 g/mol. The number of carbonyl (C=O) groups excluding carboxylic acids is 1. The molecule has 3 aromatic rings. The molecule has 1 saturated heterocycles. The summed E-state index contributed by atoms with van der Waals surface area (Å²) in [5.41, 5.74) is 3.37. The number of piperidine rings is 1. The van der Waals surface area contributed by atoms with E-state index in [4.69, 9.17) is 4.98 Å². The minimum absolute atomic E-state index is 0.157. The minimum Gasteiger partial charge on any atom is -0.338 e. The van der Waals surface area contributed by atoms with Gasteiger partial charge in [0.25, 0.3) is 5.91 Å². The van der Waals surface area contributed by atoms with E-state index in [-0.39, 0.29) is 5.91 Å². The van der Waals surface area contributed by atoms with Crippen LogP contribution in [0.1, 0.15) is 58.7 Å². The Kier molecular flexibility index (Phi) is 4.64. The lowest BCUT2D eigenvalue weighted by atomic mass is 9.89. The molecule has 1 saturated carbocycles. The van der Waals surface area contributed by atoms with Crippen LogP contribution in [0, 0.1) is 0 Å². The maximum Gasteiger partial charge on any atom is 0.263 e. The third-order valence-electron chi connectivity index (χ3n) is 5.67. The summed E-state index contributed by atoms with van der Waals surface area (Å²) in [6.07, 6.45) is 9.90. The first-order chi connectivity index (χ1) is 13.8. The van der Waals surface area contributed by atoms with Gasteiger partial charge in [0, 0.05) is 49.1 Å². The van der Waals surface area contributed by atoms with E-state index in [0.29, 0.717) is 11.8 Å². The van der Waals surface area contributed by atoms with Crippen LogP contribution in [0.3, 0.4) is 0 Å². The van der Waals surface area contributed by atoms with Gasteiger partial charge in [0.05, 0.1) is 10.6 Å². The van der Waals surface area contributed by atoms with E-state index in [1.165, 1.54) is 24.2 Å². The van der Waals surface area contributed by atoms with Gasteiger partial charge >= 0.3 is 0 Å². The quantitative estimate of drug-likeness (QED) is 0.658. The number of aromatic nitrogens is 3. The summed E-state index contributed by atoms with van der Waals surface area (Å²) < 4.78 is 0. The van der Waals surface area contributed by atoms with Gasteiger partial charge in [-0.2, -0.15) is 0 Å². The Morgan fingerprint density at radius 2 is 1.82 bits per heavy atom. The minimum atomic E-state index is 0.157. The molecule has 2 fully saturated rings. The fraction of sp³-hybridized carbons (Fsp3) is 0.364. The van der Waals surface area contributed by atoms with Gasteiger partial charge in [-0.3, -0.25) is 9.78 Å². The number of amides is 1. The van der Waals surface area contributed by atoms with Gasteiger partial charge < -0.3 is 4.90 Å². The molecule has 1 aliphatic heterocycles. The average molecular weight is 391 g/mol. The van der Waals surface area contributed by atoms with Gasteiger partial charge in [-0.25, -0.2) is 9.97 Å². The second kappa shape index (κ2) is 7.43. The highest BCUT2D eigenvalue weighted by molar-refractivity contribution is 7.12. The first kappa shape index (κ1) is 17.5. The molecule has 0 radical (unpaired) electrons. The Hall–Kier alpha value is -2.60. The number of hydrogen-bond donors (Lipinski definition) is 0. The third kappa shape index (κ3) is 3.44. The number of carbonyl (C=O) groups is 1. The Balaban J connectivity index is 1.40. The second-order valence-corrected chi connectivity index (χ2v) is 8.53. The van der Waals surface area contributed by atoms with Crippen molar-refractivity contribution in [1.82, 2.24) is 19.9 Å². The summed E-state index contributed by atoms with van der Waals surface area (Å²) >= 11 is 1.52. The Morgan fingerprint density at radius 3 is 2.50 bits per heavy atom. The molecule has 142 valence electrons. The molecule has 4 heterocycles. The van der Waals surface area contributed by atoms with E-state index in [0.717, 1.165) is 53.5 Å². The number of rotatable bonds is 4. The Morgan fingerprint density at radius 1 is 1.04 bits per heavy atom. The molecule has 2 aliphatic rings. The first-order valence-corrected chi connectivity index (χ1v) is 10.8. The van der Waals surface area contributed by atoms with Crippen molar-refractivity contribution < 1.29 is 4.79 Å². The average Bonchev–Trinajstić information content (AvgIpc) is 3.47. The summed E-state index contributed by atoms with van der Waals surface area (Å²) in [5.74, 6) is 2.04. The van der Waals surface area contributed by atoms with Crippen LogP contribution in [0.25, 0.3) is 11.1 Å². The van der Waals surface area contributed by atoms with Crippen LogP contribution >= 0.6 is 11.3 Å². The maximum atomic E-state index is 12.6. The van der Waals surface area contributed by atoms with Gasteiger partial charge in [-0.05, 0) is 54.8 Å². The molecule has 6 heteroatoms. The summed E-state index contributed by atoms with van der Waals surface area (Å²) in [4.78, 5) is 29.3. The summed E-state index contributed by atoms with van der Waals surface area (Å²) in [7, 11) is 0. The SMILES string of the molecule is O=C(c1cccs1)N1CCC(c2nc(C3CC3)ncc2-c2ccncc2)CC1. The Labute approximate surface area is 168 Å². The van der Waals surface area contributed by atoms with Gasteiger partial charge in [0.2, 0.25) is 0 Å². The van der Waals surface area contributed by atoms with Gasteiger partial charge in [0.15, 0.2) is 0 Å². The molecule has 1 aliphatic carbocycles. The summed E-state index contributed by atoms with van der Waals surface area (Å²) in [6, 6.07) is 7.89. The molecule has 5 nitrogen and oxygen atoms in total. The van der Waals surface area contributed by atoms with Crippen molar-refractivity contribution in [2.45, 2.75) is 37.5 Å². The van der Waals surface area contributed by atoms with E-state index >= 15 is 0 Å². The number of thiophene rings is 1. The molecule has 0 spiro atoms. The molecule has 0 atom stereocenters.